The molecule has 3 aromatic rings. The summed E-state index contributed by atoms with van der Waals surface area (Å²) in [6.07, 6.45) is 1.72. The van der Waals surface area contributed by atoms with E-state index in [0.717, 1.165) is 21.2 Å². The molecule has 20 heavy (non-hydrogen) atoms. The normalized spacial score (nSPS) is 17.1. The summed E-state index contributed by atoms with van der Waals surface area (Å²) in [5.41, 5.74) is 2.24. The molecule has 1 aliphatic rings. The first-order valence-electron chi connectivity index (χ1n) is 6.22. The number of ether oxygens (including phenoxy) is 1. The van der Waals surface area contributed by atoms with Crippen LogP contribution in [-0.4, -0.2) is 21.1 Å². The molecule has 1 aliphatic heterocycles. The van der Waals surface area contributed by atoms with Gasteiger partial charge in [0.25, 0.3) is 0 Å². The van der Waals surface area contributed by atoms with Gasteiger partial charge in [-0.25, -0.2) is 4.79 Å². The Bertz CT molecular complexity index is 854. The molecule has 0 amide bonds. The molecule has 0 saturated carbocycles. The third-order valence-corrected chi connectivity index (χ3v) is 4.14. The van der Waals surface area contributed by atoms with E-state index >= 15 is 0 Å². The van der Waals surface area contributed by atoms with Crippen LogP contribution in [0.1, 0.15) is 11.7 Å². The second-order valence-corrected chi connectivity index (χ2v) is 5.51. The van der Waals surface area contributed by atoms with Crippen molar-refractivity contribution in [2.45, 2.75) is 6.04 Å². The number of imidazole rings is 1. The van der Waals surface area contributed by atoms with Crippen LogP contribution in [0, 0.1) is 0 Å². The van der Waals surface area contributed by atoms with Gasteiger partial charge in [0.05, 0.1) is 15.7 Å². The summed E-state index contributed by atoms with van der Waals surface area (Å²) in [4.78, 5) is 19.5. The highest BCUT2D eigenvalue weighted by atomic mass is 79.9. The van der Waals surface area contributed by atoms with Crippen molar-refractivity contribution in [1.29, 1.82) is 0 Å². The zero-order chi connectivity index (χ0) is 13.7. The number of nitrogens with one attached hydrogen (secondary N) is 1. The number of aromatic nitrogens is 3. The van der Waals surface area contributed by atoms with Gasteiger partial charge in [-0.1, -0.05) is 6.07 Å². The fourth-order valence-electron chi connectivity index (χ4n) is 2.63. The summed E-state index contributed by atoms with van der Waals surface area (Å²) in [5.74, 6) is 0.702. The Kier molecular flexibility index (Phi) is 2.47. The first kappa shape index (κ1) is 11.7. The lowest BCUT2D eigenvalue weighted by Crippen LogP contribution is -2.31. The summed E-state index contributed by atoms with van der Waals surface area (Å²) in [6.45, 7) is 0.388. The highest BCUT2D eigenvalue weighted by Crippen LogP contribution is 2.38. The number of H-pyrrole nitrogens is 1. The van der Waals surface area contributed by atoms with Crippen LogP contribution in [0.25, 0.3) is 11.0 Å². The van der Waals surface area contributed by atoms with Gasteiger partial charge in [-0.05, 0) is 40.2 Å². The summed E-state index contributed by atoms with van der Waals surface area (Å²) >= 11 is 3.46. The summed E-state index contributed by atoms with van der Waals surface area (Å²) < 4.78 is 8.41. The first-order chi connectivity index (χ1) is 9.75. The topological polar surface area (TPSA) is 59.9 Å². The molecule has 0 fully saturated rings. The summed E-state index contributed by atoms with van der Waals surface area (Å²) in [5, 5.41) is 0. The van der Waals surface area contributed by atoms with E-state index < -0.39 is 0 Å². The van der Waals surface area contributed by atoms with E-state index in [1.165, 1.54) is 0 Å². The Hall–Kier alpha value is -2.08. The predicted octanol–water partition coefficient (Wildman–Crippen LogP) is 2.47. The molecule has 1 unspecified atom stereocenters. The molecule has 0 aliphatic carbocycles. The maximum absolute atomic E-state index is 12.3. The number of pyridine rings is 1. The van der Waals surface area contributed by atoms with Gasteiger partial charge in [0.2, 0.25) is 0 Å². The van der Waals surface area contributed by atoms with Crippen molar-refractivity contribution in [1.82, 2.24) is 14.5 Å². The van der Waals surface area contributed by atoms with E-state index in [9.17, 15) is 4.79 Å². The maximum atomic E-state index is 12.3. The lowest BCUT2D eigenvalue weighted by Gasteiger charge is -2.25. The minimum atomic E-state index is -0.209. The molecule has 3 heterocycles. The smallest absolute Gasteiger partial charge is 0.327 e. The van der Waals surface area contributed by atoms with Crippen molar-refractivity contribution >= 4 is 27.0 Å². The van der Waals surface area contributed by atoms with E-state index in [-0.39, 0.29) is 11.7 Å². The Labute approximate surface area is 122 Å². The van der Waals surface area contributed by atoms with E-state index in [2.05, 4.69) is 25.9 Å². The molecule has 1 atom stereocenters. The Morgan fingerprint density at radius 3 is 3.05 bits per heavy atom. The van der Waals surface area contributed by atoms with Crippen molar-refractivity contribution in [3.05, 3.63) is 57.2 Å². The number of aromatic amines is 1. The number of hydrogen-bond donors (Lipinski definition) is 1. The third-order valence-electron chi connectivity index (χ3n) is 3.51. The lowest BCUT2D eigenvalue weighted by molar-refractivity contribution is 0.252. The van der Waals surface area contributed by atoms with Crippen molar-refractivity contribution in [2.24, 2.45) is 0 Å². The third kappa shape index (κ3) is 1.54. The van der Waals surface area contributed by atoms with Crippen LogP contribution in [0.5, 0.6) is 5.75 Å². The minimum Gasteiger partial charge on any atom is -0.488 e. The van der Waals surface area contributed by atoms with Gasteiger partial charge in [0, 0.05) is 6.20 Å². The van der Waals surface area contributed by atoms with E-state index in [1.54, 1.807) is 10.8 Å². The first-order valence-corrected chi connectivity index (χ1v) is 7.01. The molecule has 1 aromatic carbocycles. The average molecular weight is 332 g/mol. The standard InChI is InChI=1S/C14H10BrN3O2/c15-8-4-5-10-12-13(8)20-7-11(18(12)14(19)17-10)9-3-1-2-6-16-9/h1-6,11H,7H2,(H,17,19). The predicted molar refractivity (Wildman–Crippen MR) is 78.1 cm³/mol. The van der Waals surface area contributed by atoms with Crippen LogP contribution in [0.3, 0.4) is 0 Å². The minimum absolute atomic E-state index is 0.140. The van der Waals surface area contributed by atoms with Crippen LogP contribution in [-0.2, 0) is 0 Å². The van der Waals surface area contributed by atoms with Gasteiger partial charge in [0.15, 0.2) is 5.75 Å². The molecule has 0 bridgehead atoms. The van der Waals surface area contributed by atoms with Crippen molar-refractivity contribution in [3.63, 3.8) is 0 Å². The molecule has 0 saturated heterocycles. The zero-order valence-electron chi connectivity index (χ0n) is 10.3. The largest absolute Gasteiger partial charge is 0.488 e. The van der Waals surface area contributed by atoms with Gasteiger partial charge in [-0.3, -0.25) is 9.55 Å². The second-order valence-electron chi connectivity index (χ2n) is 4.65. The van der Waals surface area contributed by atoms with Crippen molar-refractivity contribution in [3.8, 4) is 5.75 Å². The van der Waals surface area contributed by atoms with Gasteiger partial charge in [-0.2, -0.15) is 0 Å². The highest BCUT2D eigenvalue weighted by Gasteiger charge is 2.28. The van der Waals surface area contributed by atoms with E-state index in [1.807, 2.05) is 30.3 Å². The van der Waals surface area contributed by atoms with Gasteiger partial charge in [0.1, 0.15) is 18.2 Å². The average Bonchev–Trinajstić information content (AvgIpc) is 2.82. The number of halogens is 1. The fraction of sp³-hybridized carbons (Fsp3) is 0.143. The Morgan fingerprint density at radius 2 is 2.25 bits per heavy atom. The van der Waals surface area contributed by atoms with Crippen LogP contribution in [0.4, 0.5) is 0 Å². The maximum Gasteiger partial charge on any atom is 0.327 e. The molecule has 100 valence electrons. The monoisotopic (exact) mass is 331 g/mol. The fourth-order valence-corrected chi connectivity index (χ4v) is 3.06. The molecule has 6 heteroatoms. The number of benzene rings is 1. The summed E-state index contributed by atoms with van der Waals surface area (Å²) in [7, 11) is 0. The highest BCUT2D eigenvalue weighted by molar-refractivity contribution is 9.10. The Balaban J connectivity index is 2.04. The van der Waals surface area contributed by atoms with Crippen molar-refractivity contribution in [2.75, 3.05) is 6.61 Å². The zero-order valence-corrected chi connectivity index (χ0v) is 11.9. The molecule has 1 N–H and O–H groups in total. The van der Waals surface area contributed by atoms with Crippen LogP contribution in [0.2, 0.25) is 0 Å². The van der Waals surface area contributed by atoms with Crippen LogP contribution >= 0.6 is 15.9 Å². The molecule has 4 rings (SSSR count). The SMILES string of the molecule is O=c1[nH]c2ccc(Br)c3c2n1C(c1ccccn1)CO3. The van der Waals surface area contributed by atoms with Crippen LogP contribution in [0.15, 0.2) is 45.8 Å². The molecule has 5 nitrogen and oxygen atoms in total. The quantitative estimate of drug-likeness (QED) is 0.745. The lowest BCUT2D eigenvalue weighted by atomic mass is 10.1. The van der Waals surface area contributed by atoms with E-state index in [4.69, 9.17) is 4.74 Å². The Morgan fingerprint density at radius 1 is 1.35 bits per heavy atom. The molecule has 2 aromatic heterocycles. The van der Waals surface area contributed by atoms with Crippen molar-refractivity contribution < 1.29 is 4.74 Å². The molecule has 0 radical (unpaired) electrons. The molecular formula is C14H10BrN3O2. The van der Waals surface area contributed by atoms with Gasteiger partial charge < -0.3 is 9.72 Å². The molecular weight excluding hydrogens is 322 g/mol. The van der Waals surface area contributed by atoms with Gasteiger partial charge in [-0.15, -0.1) is 0 Å². The number of hydrogen-bond acceptors (Lipinski definition) is 3. The number of nitrogens with zero attached hydrogens (tertiary/aromatic N) is 2. The second kappa shape index (κ2) is 4.21. The summed E-state index contributed by atoms with van der Waals surface area (Å²) in [6, 6.07) is 9.20. The molecule has 0 spiro atoms. The van der Waals surface area contributed by atoms with E-state index in [0.29, 0.717) is 12.4 Å². The van der Waals surface area contributed by atoms with Gasteiger partial charge >= 0.3 is 5.69 Å². The van der Waals surface area contributed by atoms with Crippen LogP contribution < -0.4 is 10.4 Å². The number of rotatable bonds is 1.